The Kier molecular flexibility index (Phi) is 24.8. The Morgan fingerprint density at radius 3 is 1.33 bits per heavy atom. The summed E-state index contributed by atoms with van der Waals surface area (Å²) in [4.78, 5) is 0. The maximum absolute atomic E-state index is 8.23. The van der Waals surface area contributed by atoms with Crippen LogP contribution in [0, 0.1) is 0 Å². The van der Waals surface area contributed by atoms with Crippen molar-refractivity contribution in [2.75, 3.05) is 6.61 Å². The molecule has 0 aromatic heterocycles. The van der Waals surface area contributed by atoms with Crippen LogP contribution in [0.15, 0.2) is 60.7 Å². The van der Waals surface area contributed by atoms with Crippen molar-refractivity contribution in [2.45, 2.75) is 13.3 Å². The number of aliphatic hydroxyl groups excluding tert-OH is 1. The molecule has 0 unspecified atom stereocenters. The summed E-state index contributed by atoms with van der Waals surface area (Å²) in [5, 5.41) is 8.23. The van der Waals surface area contributed by atoms with Gasteiger partial charge in [-0.2, -0.15) is 36.4 Å². The molecule has 2 aromatic rings. The van der Waals surface area contributed by atoms with Gasteiger partial charge >= 0.3 is 52.5 Å². The van der Waals surface area contributed by atoms with Crippen molar-refractivity contribution in [2.24, 2.45) is 0 Å². The average Bonchev–Trinajstić information content (AvgIpc) is 2.98. The third-order valence-electron chi connectivity index (χ3n) is 1.60. The van der Waals surface area contributed by atoms with Gasteiger partial charge in [0.15, 0.2) is 0 Å². The third-order valence-corrected chi connectivity index (χ3v) is 2.21. The van der Waals surface area contributed by atoms with Gasteiger partial charge in [-0.3, -0.25) is 0 Å². The zero-order valence-corrected chi connectivity index (χ0v) is 14.4. The number of halogens is 2. The predicted molar refractivity (Wildman–Crippen MR) is 66.5 cm³/mol. The van der Waals surface area contributed by atoms with Gasteiger partial charge < -0.3 is 24.8 Å². The van der Waals surface area contributed by atoms with Crippen LogP contribution < -0.4 is 24.8 Å². The first-order chi connectivity index (χ1) is 7.77. The van der Waals surface area contributed by atoms with E-state index in [9.17, 15) is 0 Å². The van der Waals surface area contributed by atoms with Crippen molar-refractivity contribution in [3.63, 3.8) is 0 Å². The first kappa shape index (κ1) is 23.1. The molecule has 0 spiro atoms. The zero-order chi connectivity index (χ0) is 12.1. The van der Waals surface area contributed by atoms with Gasteiger partial charge in [-0.1, -0.05) is 0 Å². The average molecular weight is 364 g/mol. The van der Waals surface area contributed by atoms with Crippen LogP contribution in [0.25, 0.3) is 0 Å². The number of rotatable bonds is 2. The number of hydrogen-bond donors (Lipinski definition) is 1. The van der Waals surface area contributed by atoms with Crippen molar-refractivity contribution in [3.8, 4) is 0 Å². The first-order valence-electron chi connectivity index (χ1n) is 5.25. The van der Waals surface area contributed by atoms with E-state index in [-0.39, 0.29) is 24.8 Å². The minimum absolute atomic E-state index is 0. The second-order valence-corrected chi connectivity index (χ2v) is 5.28. The summed E-state index contributed by atoms with van der Waals surface area (Å²) in [6.45, 7) is 2.37. The van der Waals surface area contributed by atoms with E-state index >= 15 is 0 Å². The number of hydrogen-bond acceptors (Lipinski definition) is 1. The summed E-state index contributed by atoms with van der Waals surface area (Å²) in [5.41, 5.74) is 0. The third kappa shape index (κ3) is 21.3. The Balaban J connectivity index is -0.000000178. The van der Waals surface area contributed by atoms with Crippen LogP contribution in [0.2, 0.25) is 0 Å². The summed E-state index contributed by atoms with van der Waals surface area (Å²) < 4.78 is 1.38. The molecule has 100 valence electrons. The van der Waals surface area contributed by atoms with Crippen LogP contribution in [-0.2, 0) is 24.2 Å². The molecule has 2 aromatic carbocycles. The second-order valence-electron chi connectivity index (χ2n) is 3.18. The van der Waals surface area contributed by atoms with Gasteiger partial charge in [0.2, 0.25) is 0 Å². The van der Waals surface area contributed by atoms with Crippen molar-refractivity contribution < 1.29 is 54.2 Å². The molecule has 0 fully saturated rings. The van der Waals surface area contributed by atoms with E-state index in [1.807, 2.05) is 60.7 Å². The van der Waals surface area contributed by atoms with Gasteiger partial charge in [0.1, 0.15) is 0 Å². The first-order valence-corrected chi connectivity index (χ1v) is 6.48. The largest absolute Gasteiger partial charge is 1.00 e. The zero-order valence-electron chi connectivity index (χ0n) is 10.4. The summed E-state index contributed by atoms with van der Waals surface area (Å²) in [6, 6.07) is 20.0. The molecular weight excluding hydrogens is 346 g/mol. The summed E-state index contributed by atoms with van der Waals surface area (Å²) in [7, 11) is 0. The van der Waals surface area contributed by atoms with Gasteiger partial charge in [-0.05, 0) is 0 Å². The van der Waals surface area contributed by atoms with E-state index in [0.29, 0.717) is 6.61 Å². The van der Waals surface area contributed by atoms with Crippen LogP contribution >= 0.6 is 0 Å². The smallest absolute Gasteiger partial charge is 0.172 e. The van der Waals surface area contributed by atoms with Gasteiger partial charge in [-0.25, -0.2) is 24.3 Å². The van der Waals surface area contributed by atoms with Crippen LogP contribution in [0.1, 0.15) is 13.3 Å². The van der Waals surface area contributed by atoms with Gasteiger partial charge in [0, 0.05) is 0 Å². The van der Waals surface area contributed by atoms with Gasteiger partial charge in [-0.15, -0.1) is 0 Å². The van der Waals surface area contributed by atoms with Crippen LogP contribution in [0.4, 0.5) is 0 Å². The molecular formula is C14H18Cl2OZr-2. The van der Waals surface area contributed by atoms with E-state index in [1.54, 1.807) is 0 Å². The van der Waals surface area contributed by atoms with E-state index in [2.05, 4.69) is 6.92 Å². The molecule has 0 bridgehead atoms. The normalized spacial score (nSPS) is 7.33. The minimum atomic E-state index is 0. The van der Waals surface area contributed by atoms with Gasteiger partial charge in [0.25, 0.3) is 0 Å². The van der Waals surface area contributed by atoms with E-state index in [0.717, 1.165) is 6.42 Å². The van der Waals surface area contributed by atoms with Crippen molar-refractivity contribution in [1.82, 2.24) is 0 Å². The molecule has 0 saturated carbocycles. The molecule has 1 nitrogen and oxygen atoms in total. The maximum Gasteiger partial charge on any atom is -0.172 e. The molecule has 2 rings (SSSR count). The summed E-state index contributed by atoms with van der Waals surface area (Å²) >= 11 is 1.44. The Morgan fingerprint density at radius 1 is 0.944 bits per heavy atom. The molecule has 0 aliphatic rings. The fourth-order valence-corrected chi connectivity index (χ4v) is 1.08. The standard InChI is InChI=1S/2C5H5.C4H8O.2ClH.Zr/c2*1-2-4-5-3-1;1-2-3-4-5;;;/h2*1-5H;5H,3-4H2,1H3;2*1H;/q2*-1;;;;+2/p-2. The molecule has 18 heavy (non-hydrogen) atoms. The van der Waals surface area contributed by atoms with Gasteiger partial charge in [0.05, 0.1) is 0 Å². The molecule has 4 heteroatoms. The Bertz CT molecular complexity index is 257. The molecule has 0 atom stereocenters. The molecule has 1 N–H and O–H groups in total. The topological polar surface area (TPSA) is 20.2 Å². The SMILES string of the molecule is C[C](=[Zr+2])CCO.[Cl-].[Cl-].c1cc[cH-]c1.c1cc[cH-]c1. The fraction of sp³-hybridized carbons (Fsp3) is 0.214. The molecule has 0 saturated heterocycles. The van der Waals surface area contributed by atoms with Crippen molar-refractivity contribution in [1.29, 1.82) is 0 Å². The summed E-state index contributed by atoms with van der Waals surface area (Å²) in [5.74, 6) is 0. The monoisotopic (exact) mass is 362 g/mol. The Morgan fingerprint density at radius 2 is 1.28 bits per heavy atom. The summed E-state index contributed by atoms with van der Waals surface area (Å²) in [6.07, 6.45) is 0.887. The van der Waals surface area contributed by atoms with E-state index in [1.165, 1.54) is 27.4 Å². The molecule has 0 aliphatic heterocycles. The molecule has 0 radical (unpaired) electrons. The van der Waals surface area contributed by atoms with Crippen LogP contribution in [-0.4, -0.2) is 14.9 Å². The van der Waals surface area contributed by atoms with Crippen molar-refractivity contribution >= 4 is 3.21 Å². The molecule has 0 amide bonds. The predicted octanol–water partition coefficient (Wildman–Crippen LogP) is -3.07. The quantitative estimate of drug-likeness (QED) is 0.561. The molecule has 0 heterocycles. The maximum atomic E-state index is 8.23. The van der Waals surface area contributed by atoms with Crippen LogP contribution in [0.5, 0.6) is 0 Å². The van der Waals surface area contributed by atoms with Crippen molar-refractivity contribution in [3.05, 3.63) is 60.7 Å². The van der Waals surface area contributed by atoms with E-state index < -0.39 is 0 Å². The molecule has 0 aliphatic carbocycles. The minimum Gasteiger partial charge on any atom is -1.00 e. The van der Waals surface area contributed by atoms with E-state index in [4.69, 9.17) is 5.11 Å². The Labute approximate surface area is 137 Å². The second kappa shape index (κ2) is 19.3. The fourth-order valence-electron chi connectivity index (χ4n) is 0.809. The number of aliphatic hydroxyl groups is 1. The van der Waals surface area contributed by atoms with Crippen LogP contribution in [0.3, 0.4) is 0 Å². The Hall–Kier alpha value is -0.00688.